The summed E-state index contributed by atoms with van der Waals surface area (Å²) in [6, 6.07) is 16.7. The molecule has 2 heterocycles. The second-order valence-electron chi connectivity index (χ2n) is 9.49. The molecular formula is C29H27FN6O2. The Balaban J connectivity index is 1.54. The van der Waals surface area contributed by atoms with E-state index in [9.17, 15) is 14.0 Å². The van der Waals surface area contributed by atoms with E-state index in [4.69, 9.17) is 4.99 Å². The van der Waals surface area contributed by atoms with Crippen molar-refractivity contribution in [2.45, 2.75) is 5.92 Å². The van der Waals surface area contributed by atoms with Gasteiger partial charge in [-0.1, -0.05) is 12.1 Å². The summed E-state index contributed by atoms with van der Waals surface area (Å²) in [5.41, 5.74) is 4.76. The lowest BCUT2D eigenvalue weighted by molar-refractivity contribution is -0.115. The zero-order valence-corrected chi connectivity index (χ0v) is 21.4. The molecule has 0 radical (unpaired) electrons. The number of benzene rings is 3. The van der Waals surface area contributed by atoms with Crippen molar-refractivity contribution in [1.82, 2.24) is 19.8 Å². The number of rotatable bonds is 7. The van der Waals surface area contributed by atoms with Gasteiger partial charge in [-0.25, -0.2) is 4.39 Å². The van der Waals surface area contributed by atoms with Crippen LogP contribution in [0.15, 0.2) is 78.0 Å². The molecular weight excluding hydrogens is 483 g/mol. The van der Waals surface area contributed by atoms with Crippen molar-refractivity contribution in [3.63, 3.8) is 0 Å². The number of aromatic nitrogens is 2. The Morgan fingerprint density at radius 2 is 1.63 bits per heavy atom. The molecule has 8 nitrogen and oxygen atoms in total. The Morgan fingerprint density at radius 3 is 2.37 bits per heavy atom. The van der Waals surface area contributed by atoms with Gasteiger partial charge in [-0.05, 0) is 73.8 Å². The van der Waals surface area contributed by atoms with E-state index >= 15 is 0 Å². The Labute approximate surface area is 219 Å². The lowest BCUT2D eigenvalue weighted by Crippen LogP contribution is -2.33. The van der Waals surface area contributed by atoms with Crippen LogP contribution < -0.4 is 5.32 Å². The molecule has 192 valence electrons. The van der Waals surface area contributed by atoms with Gasteiger partial charge in [0.15, 0.2) is 0 Å². The van der Waals surface area contributed by atoms with Gasteiger partial charge in [0.2, 0.25) is 5.91 Å². The van der Waals surface area contributed by atoms with Crippen LogP contribution in [0.5, 0.6) is 0 Å². The highest BCUT2D eigenvalue weighted by atomic mass is 19.1. The van der Waals surface area contributed by atoms with Gasteiger partial charge >= 0.3 is 0 Å². The summed E-state index contributed by atoms with van der Waals surface area (Å²) >= 11 is 0. The van der Waals surface area contributed by atoms with E-state index in [0.717, 1.165) is 12.1 Å². The number of hydrogen-bond acceptors (Lipinski definition) is 6. The van der Waals surface area contributed by atoms with Crippen LogP contribution in [-0.2, 0) is 4.79 Å². The van der Waals surface area contributed by atoms with E-state index in [-0.39, 0.29) is 11.8 Å². The molecule has 0 saturated carbocycles. The first-order valence-corrected chi connectivity index (χ1v) is 12.2. The molecule has 0 bridgehead atoms. The Kier molecular flexibility index (Phi) is 6.93. The fraction of sp³-hybridized carbons (Fsp3) is 0.207. The van der Waals surface area contributed by atoms with Crippen molar-refractivity contribution in [1.29, 1.82) is 0 Å². The first-order chi connectivity index (χ1) is 18.3. The van der Waals surface area contributed by atoms with Gasteiger partial charge < -0.3 is 15.1 Å². The molecule has 0 aliphatic carbocycles. The predicted molar refractivity (Wildman–Crippen MR) is 145 cm³/mol. The van der Waals surface area contributed by atoms with E-state index in [2.05, 4.69) is 15.3 Å². The van der Waals surface area contributed by atoms with Crippen LogP contribution >= 0.6 is 0 Å². The molecule has 1 unspecified atom stereocenters. The van der Waals surface area contributed by atoms with Gasteiger partial charge in [0.25, 0.3) is 5.91 Å². The molecule has 1 atom stereocenters. The first-order valence-electron chi connectivity index (χ1n) is 12.2. The lowest BCUT2D eigenvalue weighted by Gasteiger charge is -2.19. The number of nitrogens with one attached hydrogen (secondary N) is 1. The zero-order chi connectivity index (χ0) is 26.8. The molecule has 4 aromatic rings. The lowest BCUT2D eigenvalue weighted by atomic mass is 9.90. The van der Waals surface area contributed by atoms with Crippen LogP contribution in [0.3, 0.4) is 0 Å². The summed E-state index contributed by atoms with van der Waals surface area (Å²) in [5.74, 6) is -1.56. The molecule has 2 amide bonds. The molecule has 0 spiro atoms. The number of amides is 2. The van der Waals surface area contributed by atoms with E-state index in [1.165, 1.54) is 12.1 Å². The number of likely N-dealkylation sites (N-methyl/N-ethyl adjacent to an activating group) is 2. The van der Waals surface area contributed by atoms with Gasteiger partial charge in [0, 0.05) is 43.8 Å². The SMILES string of the molecule is CN(C)CCN(C)C(=O)c1ccc(N=C(c2ccc3nccnc3c2)C2C(=O)Nc3cc(F)ccc32)cc1. The zero-order valence-electron chi connectivity index (χ0n) is 21.4. The third kappa shape index (κ3) is 5.14. The minimum absolute atomic E-state index is 0.0816. The maximum absolute atomic E-state index is 13.9. The minimum atomic E-state index is -0.752. The minimum Gasteiger partial charge on any atom is -0.340 e. The van der Waals surface area contributed by atoms with Crippen molar-refractivity contribution in [3.05, 3.63) is 95.6 Å². The van der Waals surface area contributed by atoms with Crippen LogP contribution in [0.2, 0.25) is 0 Å². The second kappa shape index (κ2) is 10.5. The molecule has 1 aliphatic heterocycles. The molecule has 1 aliphatic rings. The third-order valence-electron chi connectivity index (χ3n) is 6.48. The van der Waals surface area contributed by atoms with Gasteiger partial charge in [-0.3, -0.25) is 24.5 Å². The third-order valence-corrected chi connectivity index (χ3v) is 6.48. The average Bonchev–Trinajstić information content (AvgIpc) is 3.24. The highest BCUT2D eigenvalue weighted by Crippen LogP contribution is 2.37. The number of halogens is 1. The summed E-state index contributed by atoms with van der Waals surface area (Å²) in [7, 11) is 5.70. The summed E-state index contributed by atoms with van der Waals surface area (Å²) in [5, 5.41) is 2.78. The summed E-state index contributed by atoms with van der Waals surface area (Å²) in [6.45, 7) is 1.37. The molecule has 38 heavy (non-hydrogen) atoms. The van der Waals surface area contributed by atoms with E-state index in [1.54, 1.807) is 54.7 Å². The van der Waals surface area contributed by atoms with Crippen molar-refractivity contribution >= 4 is 39.9 Å². The van der Waals surface area contributed by atoms with Gasteiger partial charge in [0.05, 0.1) is 22.4 Å². The van der Waals surface area contributed by atoms with Crippen LogP contribution in [-0.4, -0.2) is 71.5 Å². The molecule has 1 N–H and O–H groups in total. The molecule has 0 fully saturated rings. The maximum atomic E-state index is 13.9. The molecule has 0 saturated heterocycles. The van der Waals surface area contributed by atoms with Gasteiger partial charge in [-0.2, -0.15) is 0 Å². The fourth-order valence-electron chi connectivity index (χ4n) is 4.41. The monoisotopic (exact) mass is 510 g/mol. The number of aliphatic imine (C=N–C) groups is 1. The number of carbonyl (C=O) groups excluding carboxylic acids is 2. The van der Waals surface area contributed by atoms with Gasteiger partial charge in [0.1, 0.15) is 11.7 Å². The Morgan fingerprint density at radius 1 is 0.921 bits per heavy atom. The molecule has 5 rings (SSSR count). The first kappa shape index (κ1) is 25.2. The van der Waals surface area contributed by atoms with E-state index < -0.39 is 11.7 Å². The van der Waals surface area contributed by atoms with Crippen molar-refractivity contribution in [3.8, 4) is 0 Å². The van der Waals surface area contributed by atoms with Crippen molar-refractivity contribution < 1.29 is 14.0 Å². The molecule has 3 aromatic carbocycles. The van der Waals surface area contributed by atoms with Crippen LogP contribution in [0.25, 0.3) is 11.0 Å². The normalized spacial score (nSPS) is 15.0. The maximum Gasteiger partial charge on any atom is 0.253 e. The quantitative estimate of drug-likeness (QED) is 0.375. The number of carbonyl (C=O) groups is 2. The topological polar surface area (TPSA) is 90.8 Å². The van der Waals surface area contributed by atoms with Gasteiger partial charge in [-0.15, -0.1) is 0 Å². The van der Waals surface area contributed by atoms with Crippen LogP contribution in [0, 0.1) is 5.82 Å². The summed E-state index contributed by atoms with van der Waals surface area (Å²) < 4.78 is 13.9. The van der Waals surface area contributed by atoms with E-state index in [0.29, 0.717) is 45.8 Å². The fourth-order valence-corrected chi connectivity index (χ4v) is 4.41. The number of nitrogens with zero attached hydrogens (tertiary/aromatic N) is 5. The predicted octanol–water partition coefficient (Wildman–Crippen LogP) is 4.26. The second-order valence-corrected chi connectivity index (χ2v) is 9.49. The van der Waals surface area contributed by atoms with Crippen LogP contribution in [0.4, 0.5) is 15.8 Å². The Hall–Kier alpha value is -4.50. The van der Waals surface area contributed by atoms with E-state index in [1.807, 2.05) is 37.2 Å². The highest BCUT2D eigenvalue weighted by molar-refractivity contribution is 6.24. The van der Waals surface area contributed by atoms with Crippen molar-refractivity contribution in [2.75, 3.05) is 39.5 Å². The highest BCUT2D eigenvalue weighted by Gasteiger charge is 2.35. The number of anilines is 1. The largest absolute Gasteiger partial charge is 0.340 e. The van der Waals surface area contributed by atoms with Crippen LogP contribution in [0.1, 0.15) is 27.4 Å². The smallest absolute Gasteiger partial charge is 0.253 e. The summed E-state index contributed by atoms with van der Waals surface area (Å²) in [4.78, 5) is 43.3. The summed E-state index contributed by atoms with van der Waals surface area (Å²) in [6.07, 6.45) is 3.22. The average molecular weight is 511 g/mol. The molecule has 9 heteroatoms. The number of hydrogen-bond donors (Lipinski definition) is 1. The Bertz CT molecular complexity index is 1550. The standard InChI is InChI=1S/C29H27FN6O2/c1-35(2)14-15-36(3)29(38)18-4-8-21(9-5-18)33-27(19-6-11-23-25(16-19)32-13-12-31-23)26-22-10-7-20(30)17-24(22)34-28(26)37/h4-13,16-17,26H,14-15H2,1-3H3,(H,34,37). The number of fused-ring (bicyclic) bond motifs is 2. The van der Waals surface area contributed by atoms with Crippen molar-refractivity contribution in [2.24, 2.45) is 4.99 Å². The molecule has 1 aromatic heterocycles.